The molecule has 0 radical (unpaired) electrons. The Morgan fingerprint density at radius 3 is 1.76 bits per heavy atom. The molecule has 148 valence electrons. The fourth-order valence-corrected chi connectivity index (χ4v) is 3.58. The van der Waals surface area contributed by atoms with Crippen LogP contribution in [-0.4, -0.2) is 0 Å². The molecule has 0 spiro atoms. The maximum atomic E-state index is 2.44. The summed E-state index contributed by atoms with van der Waals surface area (Å²) < 4.78 is 0. The molecule has 25 heavy (non-hydrogen) atoms. The first kappa shape index (κ1) is 24.5. The molecule has 0 heterocycles. The molecule has 0 aliphatic carbocycles. The lowest BCUT2D eigenvalue weighted by molar-refractivity contribution is 0.282. The van der Waals surface area contributed by atoms with Crippen LogP contribution in [0.25, 0.3) is 0 Å². The van der Waals surface area contributed by atoms with Crippen molar-refractivity contribution in [1.29, 1.82) is 0 Å². The first-order valence-electron chi connectivity index (χ1n) is 10.9. The van der Waals surface area contributed by atoms with Gasteiger partial charge in [0, 0.05) is 0 Å². The summed E-state index contributed by atoms with van der Waals surface area (Å²) in [5, 5.41) is 0. The normalized spacial score (nSPS) is 18.1. The Labute approximate surface area is 160 Å². The van der Waals surface area contributed by atoms with Crippen molar-refractivity contribution in [2.45, 2.75) is 108 Å². The summed E-state index contributed by atoms with van der Waals surface area (Å²) in [6, 6.07) is 0. The van der Waals surface area contributed by atoms with E-state index >= 15 is 0 Å². The summed E-state index contributed by atoms with van der Waals surface area (Å²) in [5.41, 5.74) is 6.49. The van der Waals surface area contributed by atoms with Gasteiger partial charge >= 0.3 is 0 Å². The summed E-state index contributed by atoms with van der Waals surface area (Å²) >= 11 is 0. The topological polar surface area (TPSA) is 0 Å². The predicted molar refractivity (Wildman–Crippen MR) is 117 cm³/mol. The van der Waals surface area contributed by atoms with E-state index in [1.807, 2.05) is 0 Å². The maximum absolute atomic E-state index is 2.44. The molecule has 0 fully saturated rings. The first-order chi connectivity index (χ1) is 11.5. The minimum Gasteiger partial charge on any atom is -0.0698 e. The lowest BCUT2D eigenvalue weighted by atomic mass is 9.81. The molecule has 0 aromatic heterocycles. The smallest absolute Gasteiger partial charge is 0.0231 e. The van der Waals surface area contributed by atoms with E-state index in [2.05, 4.69) is 76.2 Å². The van der Waals surface area contributed by atoms with Crippen molar-refractivity contribution in [2.75, 3.05) is 0 Å². The molecular weight excluding hydrogens is 300 g/mol. The number of hydrogen-bond acceptors (Lipinski definition) is 0. The van der Waals surface area contributed by atoms with Crippen LogP contribution in [0.1, 0.15) is 108 Å². The summed E-state index contributed by atoms with van der Waals surface area (Å²) in [5.74, 6) is 3.88. The Morgan fingerprint density at radius 1 is 0.760 bits per heavy atom. The van der Waals surface area contributed by atoms with Gasteiger partial charge in [0.05, 0.1) is 0 Å². The van der Waals surface area contributed by atoms with Crippen LogP contribution in [0, 0.1) is 29.6 Å². The molecule has 0 saturated heterocycles. The molecule has 0 amide bonds. The average Bonchev–Trinajstić information content (AvgIpc) is 2.56. The van der Waals surface area contributed by atoms with Crippen LogP contribution < -0.4 is 0 Å². The molecule has 3 atom stereocenters. The van der Waals surface area contributed by atoms with Gasteiger partial charge in [-0.1, -0.05) is 66.5 Å². The van der Waals surface area contributed by atoms with Gasteiger partial charge in [-0.15, -0.1) is 0 Å². The quantitative estimate of drug-likeness (QED) is 0.327. The summed E-state index contributed by atoms with van der Waals surface area (Å²) in [4.78, 5) is 0. The zero-order chi connectivity index (χ0) is 19.7. The third kappa shape index (κ3) is 8.61. The maximum Gasteiger partial charge on any atom is -0.0231 e. The predicted octanol–water partition coefficient (Wildman–Crippen LogP) is 8.83. The fraction of sp³-hybridized carbons (Fsp3) is 0.840. The van der Waals surface area contributed by atoms with E-state index in [0.29, 0.717) is 5.92 Å². The van der Waals surface area contributed by atoms with Crippen LogP contribution in [0.5, 0.6) is 0 Å². The first-order valence-corrected chi connectivity index (χ1v) is 10.9. The third-order valence-electron chi connectivity index (χ3n) is 6.81. The second-order valence-electron chi connectivity index (χ2n) is 9.43. The molecule has 0 aliphatic heterocycles. The van der Waals surface area contributed by atoms with Gasteiger partial charge in [0.2, 0.25) is 0 Å². The molecule has 0 aromatic rings. The molecule has 0 aliphatic rings. The van der Waals surface area contributed by atoms with Crippen molar-refractivity contribution in [3.63, 3.8) is 0 Å². The van der Waals surface area contributed by atoms with Crippen molar-refractivity contribution in [1.82, 2.24) is 0 Å². The molecular formula is C25H48. The minimum absolute atomic E-state index is 0.696. The Morgan fingerprint density at radius 2 is 1.32 bits per heavy atom. The van der Waals surface area contributed by atoms with E-state index in [0.717, 1.165) is 23.7 Å². The van der Waals surface area contributed by atoms with Crippen molar-refractivity contribution < 1.29 is 0 Å². The molecule has 3 unspecified atom stereocenters. The van der Waals surface area contributed by atoms with Crippen LogP contribution in [0.2, 0.25) is 0 Å². The summed E-state index contributed by atoms with van der Waals surface area (Å²) in [7, 11) is 0. The lowest BCUT2D eigenvalue weighted by Crippen LogP contribution is -2.14. The third-order valence-corrected chi connectivity index (χ3v) is 6.81. The zero-order valence-corrected chi connectivity index (χ0v) is 19.4. The van der Waals surface area contributed by atoms with Gasteiger partial charge in [-0.2, -0.15) is 0 Å². The van der Waals surface area contributed by atoms with Gasteiger partial charge < -0.3 is 0 Å². The van der Waals surface area contributed by atoms with Crippen LogP contribution >= 0.6 is 0 Å². The molecule has 0 rings (SSSR count). The highest BCUT2D eigenvalue weighted by molar-refractivity contribution is 5.37. The van der Waals surface area contributed by atoms with Gasteiger partial charge in [-0.3, -0.25) is 0 Å². The molecule has 0 nitrogen and oxygen atoms in total. The van der Waals surface area contributed by atoms with Crippen LogP contribution in [0.4, 0.5) is 0 Å². The molecule has 0 N–H and O–H groups in total. The van der Waals surface area contributed by atoms with E-state index in [9.17, 15) is 0 Å². The van der Waals surface area contributed by atoms with E-state index in [4.69, 9.17) is 0 Å². The van der Waals surface area contributed by atoms with Gasteiger partial charge in [-0.05, 0) is 93.6 Å². The van der Waals surface area contributed by atoms with Gasteiger partial charge in [0.1, 0.15) is 0 Å². The van der Waals surface area contributed by atoms with Crippen LogP contribution in [0.3, 0.4) is 0 Å². The van der Waals surface area contributed by atoms with Gasteiger partial charge in [0.15, 0.2) is 0 Å². The highest BCUT2D eigenvalue weighted by Gasteiger charge is 2.17. The van der Waals surface area contributed by atoms with Gasteiger partial charge in [-0.25, -0.2) is 0 Å². The number of hydrogen-bond donors (Lipinski definition) is 0. The largest absolute Gasteiger partial charge is 0.0698 e. The lowest BCUT2D eigenvalue weighted by Gasteiger charge is -2.25. The fourth-order valence-electron chi connectivity index (χ4n) is 3.58. The monoisotopic (exact) mass is 348 g/mol. The standard InChI is InChI=1S/C25H48/c1-12-19(6)23(10)24(11)25(16-13-17(2)3)21(8)15-14-20(7)22(9)18(4)5/h17-20,22H,12-16H2,1-11H3. The Kier molecular flexibility index (Phi) is 11.7. The Hall–Kier alpha value is -0.520. The second kappa shape index (κ2) is 12.0. The van der Waals surface area contributed by atoms with Crippen molar-refractivity contribution >= 4 is 0 Å². The van der Waals surface area contributed by atoms with E-state index in [1.54, 1.807) is 22.3 Å². The summed E-state index contributed by atoms with van der Waals surface area (Å²) in [6.07, 6.45) is 6.37. The number of allylic oxidation sites excluding steroid dienone is 4. The van der Waals surface area contributed by atoms with Crippen molar-refractivity contribution in [2.24, 2.45) is 29.6 Å². The molecule has 0 saturated carbocycles. The van der Waals surface area contributed by atoms with E-state index in [-0.39, 0.29) is 0 Å². The Balaban J connectivity index is 5.38. The van der Waals surface area contributed by atoms with Crippen molar-refractivity contribution in [3.8, 4) is 0 Å². The van der Waals surface area contributed by atoms with Crippen molar-refractivity contribution in [3.05, 3.63) is 22.3 Å². The molecule has 0 aromatic carbocycles. The highest BCUT2D eigenvalue weighted by Crippen LogP contribution is 2.32. The van der Waals surface area contributed by atoms with E-state index in [1.165, 1.54) is 32.1 Å². The van der Waals surface area contributed by atoms with Crippen LogP contribution in [-0.2, 0) is 0 Å². The molecule has 0 heteroatoms. The Bertz CT molecular complexity index is 433. The second-order valence-corrected chi connectivity index (χ2v) is 9.43. The SMILES string of the molecule is CCC(C)C(C)=C(C)C(CCC(C)C)=C(C)CCC(C)C(C)C(C)C. The van der Waals surface area contributed by atoms with E-state index < -0.39 is 0 Å². The number of rotatable bonds is 11. The zero-order valence-electron chi connectivity index (χ0n) is 19.4. The van der Waals surface area contributed by atoms with Crippen LogP contribution in [0.15, 0.2) is 22.3 Å². The molecule has 0 bridgehead atoms. The minimum atomic E-state index is 0.696. The average molecular weight is 349 g/mol. The van der Waals surface area contributed by atoms with Gasteiger partial charge in [0.25, 0.3) is 0 Å². The summed E-state index contributed by atoms with van der Waals surface area (Å²) in [6.45, 7) is 26.1. The highest BCUT2D eigenvalue weighted by atomic mass is 14.2.